The molecule has 0 unspecified atom stereocenters. The molecule has 0 bridgehead atoms. The molecular formula is C9H16N2O2. The van der Waals surface area contributed by atoms with Crippen molar-refractivity contribution in [3.05, 3.63) is 0 Å². The van der Waals surface area contributed by atoms with Gasteiger partial charge in [-0.05, 0) is 25.9 Å². The molecule has 1 spiro atoms. The number of rotatable bonds is 0. The van der Waals surface area contributed by atoms with Gasteiger partial charge in [-0.2, -0.15) is 0 Å². The predicted octanol–water partition coefficient (Wildman–Crippen LogP) is 0.581. The van der Waals surface area contributed by atoms with Crippen LogP contribution < -0.4 is 5.32 Å². The maximum Gasteiger partial charge on any atom is 0.410 e. The monoisotopic (exact) mass is 184 g/mol. The summed E-state index contributed by atoms with van der Waals surface area (Å²) in [5.74, 6) is 0. The maximum atomic E-state index is 11.2. The fourth-order valence-electron chi connectivity index (χ4n) is 2.15. The first kappa shape index (κ1) is 8.81. The molecule has 0 radical (unpaired) electrons. The number of carbonyl (C=O) groups excluding carboxylic acids is 1. The van der Waals surface area contributed by atoms with Crippen molar-refractivity contribution in [1.82, 2.24) is 10.2 Å². The van der Waals surface area contributed by atoms with Crippen LogP contribution in [0.4, 0.5) is 4.79 Å². The van der Waals surface area contributed by atoms with E-state index in [-0.39, 0.29) is 11.7 Å². The molecule has 2 aliphatic heterocycles. The lowest BCUT2D eigenvalue weighted by molar-refractivity contribution is 0.0470. The van der Waals surface area contributed by atoms with Gasteiger partial charge < -0.3 is 15.0 Å². The van der Waals surface area contributed by atoms with E-state index >= 15 is 0 Å². The minimum atomic E-state index is -0.185. The molecule has 2 saturated heterocycles. The van der Waals surface area contributed by atoms with Crippen LogP contribution in [0.15, 0.2) is 0 Å². The van der Waals surface area contributed by atoms with Crippen LogP contribution in [0, 0.1) is 0 Å². The Morgan fingerprint density at radius 1 is 1.46 bits per heavy atom. The van der Waals surface area contributed by atoms with E-state index in [0.717, 1.165) is 38.9 Å². The van der Waals surface area contributed by atoms with Crippen LogP contribution in [0.25, 0.3) is 0 Å². The molecule has 0 aromatic rings. The molecule has 13 heavy (non-hydrogen) atoms. The molecule has 1 atom stereocenters. The number of ether oxygens (including phenoxy) is 1. The SMILES string of the molecule is CN1C[C@@]2(CCCNCC2)OC1=O. The van der Waals surface area contributed by atoms with Crippen molar-refractivity contribution in [3.8, 4) is 0 Å². The molecule has 2 fully saturated rings. The van der Waals surface area contributed by atoms with Gasteiger partial charge in [0.1, 0.15) is 5.60 Å². The summed E-state index contributed by atoms with van der Waals surface area (Å²) in [7, 11) is 1.80. The van der Waals surface area contributed by atoms with Gasteiger partial charge >= 0.3 is 6.09 Å². The van der Waals surface area contributed by atoms with E-state index in [4.69, 9.17) is 4.74 Å². The van der Waals surface area contributed by atoms with Crippen molar-refractivity contribution in [1.29, 1.82) is 0 Å². The fourth-order valence-corrected chi connectivity index (χ4v) is 2.15. The zero-order chi connectivity index (χ0) is 9.31. The Labute approximate surface area is 78.2 Å². The van der Waals surface area contributed by atoms with E-state index in [1.165, 1.54) is 0 Å². The van der Waals surface area contributed by atoms with E-state index in [2.05, 4.69) is 5.32 Å². The van der Waals surface area contributed by atoms with Crippen molar-refractivity contribution < 1.29 is 9.53 Å². The number of nitrogens with one attached hydrogen (secondary N) is 1. The lowest BCUT2D eigenvalue weighted by atomic mass is 9.95. The first-order valence-electron chi connectivity index (χ1n) is 4.87. The van der Waals surface area contributed by atoms with E-state index in [9.17, 15) is 4.79 Å². The van der Waals surface area contributed by atoms with Crippen molar-refractivity contribution >= 4 is 6.09 Å². The molecule has 4 heteroatoms. The molecule has 2 aliphatic rings. The molecule has 2 heterocycles. The zero-order valence-electron chi connectivity index (χ0n) is 8.01. The van der Waals surface area contributed by atoms with Gasteiger partial charge in [-0.15, -0.1) is 0 Å². The van der Waals surface area contributed by atoms with Gasteiger partial charge in [0.05, 0.1) is 6.54 Å². The van der Waals surface area contributed by atoms with Gasteiger partial charge in [-0.3, -0.25) is 0 Å². The van der Waals surface area contributed by atoms with Gasteiger partial charge in [0.2, 0.25) is 0 Å². The summed E-state index contributed by atoms with van der Waals surface area (Å²) < 4.78 is 5.43. The second-order valence-electron chi connectivity index (χ2n) is 4.01. The number of likely N-dealkylation sites (N-methyl/N-ethyl adjacent to an activating group) is 1. The molecule has 0 aromatic heterocycles. The van der Waals surface area contributed by atoms with Crippen LogP contribution in [-0.2, 0) is 4.74 Å². The summed E-state index contributed by atoms with van der Waals surface area (Å²) >= 11 is 0. The lowest BCUT2D eigenvalue weighted by Gasteiger charge is -2.23. The van der Waals surface area contributed by atoms with Crippen LogP contribution in [0.5, 0.6) is 0 Å². The van der Waals surface area contributed by atoms with Gasteiger partial charge in [-0.25, -0.2) is 4.79 Å². The van der Waals surface area contributed by atoms with Gasteiger partial charge in [0.25, 0.3) is 0 Å². The second-order valence-corrected chi connectivity index (χ2v) is 4.01. The van der Waals surface area contributed by atoms with E-state index in [0.29, 0.717) is 0 Å². The van der Waals surface area contributed by atoms with Crippen molar-refractivity contribution in [3.63, 3.8) is 0 Å². The Bertz CT molecular complexity index is 210. The quantitative estimate of drug-likeness (QED) is 0.598. The Morgan fingerprint density at radius 2 is 2.31 bits per heavy atom. The third-order valence-corrected chi connectivity index (χ3v) is 2.88. The summed E-state index contributed by atoms with van der Waals surface area (Å²) in [6, 6.07) is 0. The number of hydrogen-bond acceptors (Lipinski definition) is 3. The first-order valence-corrected chi connectivity index (χ1v) is 4.87. The van der Waals surface area contributed by atoms with Crippen molar-refractivity contribution in [2.24, 2.45) is 0 Å². The third kappa shape index (κ3) is 1.63. The molecule has 1 N–H and O–H groups in total. The highest BCUT2D eigenvalue weighted by molar-refractivity contribution is 5.70. The Balaban J connectivity index is 2.07. The smallest absolute Gasteiger partial charge is 0.410 e. The summed E-state index contributed by atoms with van der Waals surface area (Å²) in [6.07, 6.45) is 2.88. The molecule has 2 rings (SSSR count). The second kappa shape index (κ2) is 3.18. The summed E-state index contributed by atoms with van der Waals surface area (Å²) in [5.41, 5.74) is -0.185. The minimum Gasteiger partial charge on any atom is -0.441 e. The van der Waals surface area contributed by atoms with Crippen LogP contribution in [0.3, 0.4) is 0 Å². The normalized spacial score (nSPS) is 34.8. The van der Waals surface area contributed by atoms with E-state index in [1.807, 2.05) is 0 Å². The van der Waals surface area contributed by atoms with Crippen LogP contribution >= 0.6 is 0 Å². The van der Waals surface area contributed by atoms with Crippen molar-refractivity contribution in [2.75, 3.05) is 26.7 Å². The highest BCUT2D eigenvalue weighted by Gasteiger charge is 2.43. The standard InChI is InChI=1S/C9H16N2O2/c1-11-7-9(13-8(11)12)3-2-5-10-6-4-9/h10H,2-7H2,1H3/t9-/m0/s1. The Kier molecular flexibility index (Phi) is 2.15. The molecular weight excluding hydrogens is 168 g/mol. The third-order valence-electron chi connectivity index (χ3n) is 2.88. The summed E-state index contributed by atoms with van der Waals surface area (Å²) in [6.45, 7) is 2.76. The van der Waals surface area contributed by atoms with Crippen LogP contribution in [0.1, 0.15) is 19.3 Å². The Morgan fingerprint density at radius 3 is 3.00 bits per heavy atom. The lowest BCUT2D eigenvalue weighted by Crippen LogP contribution is -2.34. The highest BCUT2D eigenvalue weighted by Crippen LogP contribution is 2.30. The Hall–Kier alpha value is -0.770. The van der Waals surface area contributed by atoms with Crippen LogP contribution in [-0.4, -0.2) is 43.3 Å². The van der Waals surface area contributed by atoms with E-state index < -0.39 is 0 Å². The molecule has 74 valence electrons. The minimum absolute atomic E-state index is 0.165. The fraction of sp³-hybridized carbons (Fsp3) is 0.889. The zero-order valence-corrected chi connectivity index (χ0v) is 8.01. The average molecular weight is 184 g/mol. The molecule has 4 nitrogen and oxygen atoms in total. The molecule has 1 amide bonds. The molecule has 0 saturated carbocycles. The first-order chi connectivity index (χ1) is 6.22. The molecule has 0 aliphatic carbocycles. The summed E-state index contributed by atoms with van der Waals surface area (Å²) in [4.78, 5) is 12.9. The number of carbonyl (C=O) groups is 1. The van der Waals surface area contributed by atoms with Gasteiger partial charge in [-0.1, -0.05) is 0 Å². The maximum absolute atomic E-state index is 11.2. The van der Waals surface area contributed by atoms with Gasteiger partial charge in [0, 0.05) is 13.5 Å². The number of nitrogens with zero attached hydrogens (tertiary/aromatic N) is 1. The number of hydrogen-bond donors (Lipinski definition) is 1. The summed E-state index contributed by atoms with van der Waals surface area (Å²) in [5, 5.41) is 3.32. The number of amides is 1. The molecule has 0 aromatic carbocycles. The van der Waals surface area contributed by atoms with Crippen molar-refractivity contribution in [2.45, 2.75) is 24.9 Å². The average Bonchev–Trinajstić information content (AvgIpc) is 2.29. The van der Waals surface area contributed by atoms with E-state index in [1.54, 1.807) is 11.9 Å². The topological polar surface area (TPSA) is 41.6 Å². The van der Waals surface area contributed by atoms with Crippen LogP contribution in [0.2, 0.25) is 0 Å². The highest BCUT2D eigenvalue weighted by atomic mass is 16.6. The largest absolute Gasteiger partial charge is 0.441 e. The van der Waals surface area contributed by atoms with Gasteiger partial charge in [0.15, 0.2) is 0 Å². The predicted molar refractivity (Wildman–Crippen MR) is 48.6 cm³/mol.